The highest BCUT2D eigenvalue weighted by atomic mass is 32.2. The number of hydrogen-bond acceptors (Lipinski definition) is 4. The van der Waals surface area contributed by atoms with Crippen LogP contribution in [0.5, 0.6) is 0 Å². The van der Waals surface area contributed by atoms with Crippen LogP contribution in [0.25, 0.3) is 0 Å². The van der Waals surface area contributed by atoms with Crippen molar-refractivity contribution in [2.45, 2.75) is 31.6 Å². The Morgan fingerprint density at radius 2 is 1.89 bits per heavy atom. The van der Waals surface area contributed by atoms with Crippen molar-refractivity contribution in [1.29, 1.82) is 0 Å². The Labute approximate surface area is 116 Å². The Balaban J connectivity index is 2.47. The smallest absolute Gasteiger partial charge is 0.269 e. The summed E-state index contributed by atoms with van der Waals surface area (Å²) in [5.41, 5.74) is 1.11. The molecule has 3 atom stereocenters. The molecule has 0 fully saturated rings. The summed E-state index contributed by atoms with van der Waals surface area (Å²) in [4.78, 5) is 10.2. The maximum Gasteiger partial charge on any atom is 0.269 e. The lowest BCUT2D eigenvalue weighted by Crippen LogP contribution is -2.24. The van der Waals surface area contributed by atoms with E-state index in [4.69, 9.17) is 0 Å². The molecule has 1 rings (SSSR count). The SMILES string of the molecule is CC(NCCC(C)S(C)=O)c1ccc([N+](=O)[O-])cc1. The zero-order valence-corrected chi connectivity index (χ0v) is 12.3. The molecule has 0 aliphatic carbocycles. The molecular formula is C13H20N2O3S. The molecule has 0 aliphatic heterocycles. The van der Waals surface area contributed by atoms with Gasteiger partial charge in [0.25, 0.3) is 5.69 Å². The van der Waals surface area contributed by atoms with E-state index in [-0.39, 0.29) is 17.0 Å². The molecule has 106 valence electrons. The summed E-state index contributed by atoms with van der Waals surface area (Å²) in [7, 11) is -0.793. The highest BCUT2D eigenvalue weighted by Gasteiger charge is 2.10. The topological polar surface area (TPSA) is 72.2 Å². The van der Waals surface area contributed by atoms with E-state index in [1.165, 1.54) is 12.1 Å². The fraction of sp³-hybridized carbons (Fsp3) is 0.538. The van der Waals surface area contributed by atoms with Crippen LogP contribution in [0.4, 0.5) is 5.69 Å². The Kier molecular flexibility index (Phi) is 6.11. The van der Waals surface area contributed by atoms with Gasteiger partial charge in [0, 0.05) is 40.5 Å². The van der Waals surface area contributed by atoms with Crippen molar-refractivity contribution in [2.75, 3.05) is 12.8 Å². The van der Waals surface area contributed by atoms with Gasteiger partial charge in [0.15, 0.2) is 0 Å². The van der Waals surface area contributed by atoms with Crippen LogP contribution in [0.15, 0.2) is 24.3 Å². The molecule has 5 nitrogen and oxygen atoms in total. The highest BCUT2D eigenvalue weighted by molar-refractivity contribution is 7.84. The number of nitrogens with zero attached hydrogens (tertiary/aromatic N) is 1. The summed E-state index contributed by atoms with van der Waals surface area (Å²) >= 11 is 0. The minimum atomic E-state index is -0.793. The molecule has 0 heterocycles. The summed E-state index contributed by atoms with van der Waals surface area (Å²) in [6.07, 6.45) is 2.56. The van der Waals surface area contributed by atoms with Crippen molar-refractivity contribution in [1.82, 2.24) is 5.32 Å². The summed E-state index contributed by atoms with van der Waals surface area (Å²) in [5.74, 6) is 0. The third-order valence-corrected chi connectivity index (χ3v) is 4.54. The standard InChI is InChI=1S/C13H20N2O3S/c1-10(19(3)18)8-9-14-11(2)12-4-6-13(7-5-12)15(16)17/h4-7,10-11,14H,8-9H2,1-3H3. The molecule has 0 saturated heterocycles. The quantitative estimate of drug-likeness (QED) is 0.616. The van der Waals surface area contributed by atoms with Crippen LogP contribution in [0.2, 0.25) is 0 Å². The minimum Gasteiger partial charge on any atom is -0.310 e. The minimum absolute atomic E-state index is 0.103. The zero-order chi connectivity index (χ0) is 14.4. The van der Waals surface area contributed by atoms with Gasteiger partial charge in [-0.05, 0) is 25.5 Å². The van der Waals surface area contributed by atoms with E-state index in [0.29, 0.717) is 0 Å². The predicted octanol–water partition coefficient (Wildman–Crippen LogP) is 2.40. The normalized spacial score (nSPS) is 15.7. The van der Waals surface area contributed by atoms with Gasteiger partial charge in [0.2, 0.25) is 0 Å². The van der Waals surface area contributed by atoms with Crippen LogP contribution in [-0.2, 0) is 10.8 Å². The summed E-state index contributed by atoms with van der Waals surface area (Å²) in [6, 6.07) is 6.67. The van der Waals surface area contributed by atoms with Crippen LogP contribution in [0.1, 0.15) is 31.9 Å². The molecule has 1 N–H and O–H groups in total. The maximum absolute atomic E-state index is 11.2. The molecule has 1 aromatic rings. The number of nitrogens with one attached hydrogen (secondary N) is 1. The molecule has 0 bridgehead atoms. The lowest BCUT2D eigenvalue weighted by atomic mass is 10.1. The Hall–Kier alpha value is -1.27. The molecule has 3 unspecified atom stereocenters. The fourth-order valence-corrected chi connectivity index (χ4v) is 2.12. The van der Waals surface area contributed by atoms with Crippen molar-refractivity contribution in [3.63, 3.8) is 0 Å². The van der Waals surface area contributed by atoms with E-state index >= 15 is 0 Å². The number of nitro benzene ring substituents is 1. The third kappa shape index (κ3) is 5.08. The highest BCUT2D eigenvalue weighted by Crippen LogP contribution is 2.17. The van der Waals surface area contributed by atoms with Crippen LogP contribution in [-0.4, -0.2) is 27.2 Å². The van der Waals surface area contributed by atoms with Crippen molar-refractivity contribution >= 4 is 16.5 Å². The third-order valence-electron chi connectivity index (χ3n) is 3.17. The van der Waals surface area contributed by atoms with Gasteiger partial charge in [-0.2, -0.15) is 0 Å². The lowest BCUT2D eigenvalue weighted by molar-refractivity contribution is -0.384. The Morgan fingerprint density at radius 3 is 2.37 bits per heavy atom. The summed E-state index contributed by atoms with van der Waals surface area (Å²) in [5, 5.41) is 14.1. The monoisotopic (exact) mass is 284 g/mol. The molecule has 0 saturated carbocycles. The summed E-state index contributed by atoms with van der Waals surface area (Å²) in [6.45, 7) is 4.75. The molecule has 0 radical (unpaired) electrons. The van der Waals surface area contributed by atoms with Gasteiger partial charge in [-0.15, -0.1) is 0 Å². The first kappa shape index (κ1) is 15.8. The second-order valence-corrected chi connectivity index (χ2v) is 6.42. The average molecular weight is 284 g/mol. The second kappa shape index (κ2) is 7.35. The molecule has 19 heavy (non-hydrogen) atoms. The number of benzene rings is 1. The predicted molar refractivity (Wildman–Crippen MR) is 77.7 cm³/mol. The van der Waals surface area contributed by atoms with Crippen molar-refractivity contribution in [2.24, 2.45) is 0 Å². The van der Waals surface area contributed by atoms with Gasteiger partial charge in [0.05, 0.1) is 4.92 Å². The second-order valence-electron chi connectivity index (χ2n) is 4.62. The van der Waals surface area contributed by atoms with E-state index in [1.54, 1.807) is 18.4 Å². The molecule has 0 aliphatic rings. The van der Waals surface area contributed by atoms with Crippen LogP contribution in [0, 0.1) is 10.1 Å². The number of hydrogen-bond donors (Lipinski definition) is 1. The van der Waals surface area contributed by atoms with Crippen molar-refractivity contribution < 1.29 is 9.13 Å². The van der Waals surface area contributed by atoms with Gasteiger partial charge >= 0.3 is 0 Å². The first-order valence-corrected chi connectivity index (χ1v) is 7.84. The fourth-order valence-electron chi connectivity index (χ4n) is 1.67. The van der Waals surface area contributed by atoms with Crippen LogP contribution >= 0.6 is 0 Å². The largest absolute Gasteiger partial charge is 0.310 e. The van der Waals surface area contributed by atoms with Crippen LogP contribution in [0.3, 0.4) is 0 Å². The number of non-ortho nitro benzene ring substituents is 1. The zero-order valence-electron chi connectivity index (χ0n) is 11.5. The maximum atomic E-state index is 11.2. The van der Waals surface area contributed by atoms with Crippen LogP contribution < -0.4 is 5.32 Å². The van der Waals surface area contributed by atoms with E-state index in [9.17, 15) is 14.3 Å². The Morgan fingerprint density at radius 1 is 1.32 bits per heavy atom. The lowest BCUT2D eigenvalue weighted by Gasteiger charge is -2.15. The number of rotatable bonds is 7. The first-order valence-electron chi connectivity index (χ1n) is 6.21. The molecule has 0 amide bonds. The molecule has 1 aromatic carbocycles. The van der Waals surface area contributed by atoms with E-state index in [0.717, 1.165) is 18.5 Å². The van der Waals surface area contributed by atoms with Gasteiger partial charge in [-0.25, -0.2) is 0 Å². The van der Waals surface area contributed by atoms with E-state index in [2.05, 4.69) is 5.32 Å². The molecule has 0 spiro atoms. The van der Waals surface area contributed by atoms with Gasteiger partial charge in [-0.3, -0.25) is 14.3 Å². The van der Waals surface area contributed by atoms with Crippen molar-refractivity contribution in [3.05, 3.63) is 39.9 Å². The molecular weight excluding hydrogens is 264 g/mol. The van der Waals surface area contributed by atoms with Crippen molar-refractivity contribution in [3.8, 4) is 0 Å². The Bertz CT molecular complexity index is 448. The van der Waals surface area contributed by atoms with E-state index < -0.39 is 15.7 Å². The number of nitro groups is 1. The molecule has 6 heteroatoms. The summed E-state index contributed by atoms with van der Waals surface area (Å²) < 4.78 is 11.2. The van der Waals surface area contributed by atoms with Gasteiger partial charge in [-0.1, -0.05) is 19.1 Å². The molecule has 0 aromatic heterocycles. The van der Waals surface area contributed by atoms with E-state index in [1.807, 2.05) is 13.8 Å². The van der Waals surface area contributed by atoms with Gasteiger partial charge in [0.1, 0.15) is 0 Å². The first-order chi connectivity index (χ1) is 8.91. The average Bonchev–Trinajstić information content (AvgIpc) is 2.38. The van der Waals surface area contributed by atoms with Gasteiger partial charge < -0.3 is 5.32 Å².